The molecule has 2 aromatic rings. The summed E-state index contributed by atoms with van der Waals surface area (Å²) < 4.78 is 0. The lowest BCUT2D eigenvalue weighted by atomic mass is 9.85. The summed E-state index contributed by atoms with van der Waals surface area (Å²) in [5, 5.41) is 23.9. The third-order valence-electron chi connectivity index (χ3n) is 5.14. The Morgan fingerprint density at radius 3 is 2.39 bits per heavy atom. The van der Waals surface area contributed by atoms with Gasteiger partial charge in [0, 0.05) is 30.6 Å². The smallest absolute Gasteiger partial charge is 0.328 e. The minimum absolute atomic E-state index is 0.0637. The van der Waals surface area contributed by atoms with E-state index in [1.807, 2.05) is 42.5 Å². The molecule has 2 bridgehead atoms. The molecule has 9 nitrogen and oxygen atoms in total. The number of aliphatic carboxylic acids is 2. The Balaban J connectivity index is 0.000000293. The molecule has 0 aliphatic carbocycles. The van der Waals surface area contributed by atoms with Crippen molar-refractivity contribution in [1.82, 2.24) is 10.2 Å². The number of carbonyl (C=O) groups is 4. The first-order valence-electron chi connectivity index (χ1n) is 9.80. The predicted molar refractivity (Wildman–Crippen MR) is 114 cm³/mol. The van der Waals surface area contributed by atoms with E-state index in [9.17, 15) is 19.2 Å². The topological polar surface area (TPSA) is 136 Å². The van der Waals surface area contributed by atoms with Crippen LogP contribution in [-0.2, 0) is 14.4 Å². The van der Waals surface area contributed by atoms with Gasteiger partial charge in [-0.3, -0.25) is 9.69 Å². The predicted octanol–water partition coefficient (Wildman–Crippen LogP) is 2.15. The van der Waals surface area contributed by atoms with Gasteiger partial charge in [-0.25, -0.2) is 14.4 Å². The van der Waals surface area contributed by atoms with E-state index in [0.29, 0.717) is 31.2 Å². The Morgan fingerprint density at radius 2 is 1.68 bits per heavy atom. The molecule has 9 heteroatoms. The summed E-state index contributed by atoms with van der Waals surface area (Å²) in [4.78, 5) is 45.6. The highest BCUT2D eigenvalue weighted by Crippen LogP contribution is 2.27. The van der Waals surface area contributed by atoms with Gasteiger partial charge in [-0.15, -0.1) is 0 Å². The molecule has 31 heavy (non-hydrogen) atoms. The number of fused-ring (bicyclic) bond motifs is 3. The SMILES string of the molecule is O=C(Nc1cccc2ccccc12)N1CC2CNCC(C2)C1=O.O=C(O)/C=C/C(=O)O. The van der Waals surface area contributed by atoms with E-state index >= 15 is 0 Å². The summed E-state index contributed by atoms with van der Waals surface area (Å²) in [6.45, 7) is 2.05. The summed E-state index contributed by atoms with van der Waals surface area (Å²) in [5.41, 5.74) is 0.745. The first-order valence-corrected chi connectivity index (χ1v) is 9.80. The third kappa shape index (κ3) is 5.67. The van der Waals surface area contributed by atoms with Crippen LogP contribution in [0.15, 0.2) is 54.6 Å². The number of amides is 3. The lowest BCUT2D eigenvalue weighted by Crippen LogP contribution is -2.57. The fourth-order valence-electron chi connectivity index (χ4n) is 3.77. The van der Waals surface area contributed by atoms with Crippen molar-refractivity contribution >= 4 is 40.3 Å². The van der Waals surface area contributed by atoms with Gasteiger partial charge in [0.25, 0.3) is 0 Å². The number of imide groups is 1. The number of carboxylic acids is 2. The van der Waals surface area contributed by atoms with Crippen LogP contribution in [0.25, 0.3) is 10.8 Å². The highest BCUT2D eigenvalue weighted by atomic mass is 16.4. The van der Waals surface area contributed by atoms with Gasteiger partial charge < -0.3 is 20.8 Å². The Hall–Kier alpha value is -3.72. The van der Waals surface area contributed by atoms with E-state index in [4.69, 9.17) is 10.2 Å². The zero-order valence-corrected chi connectivity index (χ0v) is 16.7. The largest absolute Gasteiger partial charge is 0.478 e. The Bertz CT molecular complexity index is 1010. The maximum atomic E-state index is 12.6. The van der Waals surface area contributed by atoms with Gasteiger partial charge in [0.05, 0.1) is 11.6 Å². The van der Waals surface area contributed by atoms with Crippen LogP contribution in [0.2, 0.25) is 0 Å². The Kier molecular flexibility index (Phi) is 6.99. The van der Waals surface area contributed by atoms with Gasteiger partial charge in [-0.2, -0.15) is 0 Å². The van der Waals surface area contributed by atoms with Gasteiger partial charge in [0.1, 0.15) is 0 Å². The van der Waals surface area contributed by atoms with E-state index < -0.39 is 11.9 Å². The molecular formula is C22H23N3O6. The zero-order valence-electron chi connectivity index (χ0n) is 16.7. The molecular weight excluding hydrogens is 402 g/mol. The average Bonchev–Trinajstić information content (AvgIpc) is 2.76. The molecule has 2 fully saturated rings. The van der Waals surface area contributed by atoms with Crippen LogP contribution in [0.3, 0.4) is 0 Å². The maximum Gasteiger partial charge on any atom is 0.328 e. The van der Waals surface area contributed by atoms with E-state index in [1.54, 1.807) is 0 Å². The standard InChI is InChI=1S/C18H19N3O2.C4H4O4/c22-17-14-8-12(9-19-10-14)11-21(17)18(23)20-16-7-3-5-13-4-1-2-6-15(13)16;5-3(6)1-2-4(7)8/h1-7,12,14,19H,8-11H2,(H,20,23);1-2H,(H,5,6)(H,7,8)/b;2-1+. The van der Waals surface area contributed by atoms with Crippen molar-refractivity contribution in [3.63, 3.8) is 0 Å². The molecule has 0 radical (unpaired) electrons. The van der Waals surface area contributed by atoms with E-state index in [-0.39, 0.29) is 17.9 Å². The molecule has 2 unspecified atom stereocenters. The van der Waals surface area contributed by atoms with Crippen molar-refractivity contribution in [2.75, 3.05) is 25.0 Å². The molecule has 2 aliphatic heterocycles. The Morgan fingerprint density at radius 1 is 1.00 bits per heavy atom. The minimum atomic E-state index is -1.26. The normalized spacial score (nSPS) is 20.1. The average molecular weight is 425 g/mol. The molecule has 4 rings (SSSR count). The number of carbonyl (C=O) groups excluding carboxylic acids is 2. The highest BCUT2D eigenvalue weighted by Gasteiger charge is 2.39. The molecule has 0 spiro atoms. The number of nitrogens with one attached hydrogen (secondary N) is 2. The number of likely N-dealkylation sites (tertiary alicyclic amines) is 1. The number of anilines is 1. The van der Waals surface area contributed by atoms with Gasteiger partial charge >= 0.3 is 18.0 Å². The number of nitrogens with zero attached hydrogens (tertiary/aromatic N) is 1. The number of urea groups is 1. The maximum absolute atomic E-state index is 12.6. The molecule has 3 amide bonds. The first-order chi connectivity index (χ1) is 14.8. The molecule has 0 saturated carbocycles. The molecule has 4 N–H and O–H groups in total. The summed E-state index contributed by atoms with van der Waals surface area (Å²) in [6.07, 6.45) is 2.01. The van der Waals surface area contributed by atoms with Crippen molar-refractivity contribution in [2.24, 2.45) is 11.8 Å². The van der Waals surface area contributed by atoms with Crippen LogP contribution in [0.5, 0.6) is 0 Å². The second kappa shape index (κ2) is 9.86. The van der Waals surface area contributed by atoms with Crippen LogP contribution < -0.4 is 10.6 Å². The van der Waals surface area contributed by atoms with Crippen molar-refractivity contribution < 1.29 is 29.4 Å². The minimum Gasteiger partial charge on any atom is -0.478 e. The fourth-order valence-corrected chi connectivity index (χ4v) is 3.77. The van der Waals surface area contributed by atoms with Crippen LogP contribution in [0, 0.1) is 11.8 Å². The van der Waals surface area contributed by atoms with Crippen molar-refractivity contribution in [1.29, 1.82) is 0 Å². The highest BCUT2D eigenvalue weighted by molar-refractivity contribution is 6.07. The molecule has 2 saturated heterocycles. The van der Waals surface area contributed by atoms with E-state index in [2.05, 4.69) is 10.6 Å². The summed E-state index contributed by atoms with van der Waals surface area (Å²) in [6, 6.07) is 13.4. The number of benzene rings is 2. The van der Waals surface area contributed by atoms with Crippen molar-refractivity contribution in [3.05, 3.63) is 54.6 Å². The third-order valence-corrected chi connectivity index (χ3v) is 5.14. The summed E-state index contributed by atoms with van der Waals surface area (Å²) in [5.74, 6) is -2.28. The second-order valence-corrected chi connectivity index (χ2v) is 7.37. The van der Waals surface area contributed by atoms with Crippen LogP contribution in [0.1, 0.15) is 6.42 Å². The van der Waals surface area contributed by atoms with E-state index in [0.717, 1.165) is 29.4 Å². The zero-order chi connectivity index (χ0) is 22.4. The van der Waals surface area contributed by atoms with Crippen LogP contribution >= 0.6 is 0 Å². The number of rotatable bonds is 3. The summed E-state index contributed by atoms with van der Waals surface area (Å²) in [7, 11) is 0. The number of piperidine rings is 2. The number of carboxylic acid groups (broad SMARTS) is 2. The lowest BCUT2D eigenvalue weighted by Gasteiger charge is -2.39. The lowest BCUT2D eigenvalue weighted by molar-refractivity contribution is -0.137. The van der Waals surface area contributed by atoms with Crippen molar-refractivity contribution in [3.8, 4) is 0 Å². The quantitative estimate of drug-likeness (QED) is 0.553. The molecule has 2 aromatic carbocycles. The number of hydrogen-bond donors (Lipinski definition) is 4. The van der Waals surface area contributed by atoms with Gasteiger partial charge in [0.2, 0.25) is 5.91 Å². The van der Waals surface area contributed by atoms with Crippen molar-refractivity contribution in [2.45, 2.75) is 6.42 Å². The van der Waals surface area contributed by atoms with E-state index in [1.165, 1.54) is 4.90 Å². The second-order valence-electron chi connectivity index (χ2n) is 7.37. The molecule has 0 aromatic heterocycles. The molecule has 162 valence electrons. The molecule has 2 atom stereocenters. The molecule has 2 heterocycles. The van der Waals surface area contributed by atoms with Gasteiger partial charge in [-0.1, -0.05) is 36.4 Å². The summed E-state index contributed by atoms with van der Waals surface area (Å²) >= 11 is 0. The monoisotopic (exact) mass is 425 g/mol. The van der Waals surface area contributed by atoms with Gasteiger partial charge in [0.15, 0.2) is 0 Å². The number of hydrogen-bond acceptors (Lipinski definition) is 5. The molecule has 2 aliphatic rings. The fraction of sp³-hybridized carbons (Fsp3) is 0.273. The first kappa shape index (κ1) is 22.0. The van der Waals surface area contributed by atoms with Crippen LogP contribution in [-0.4, -0.2) is 58.6 Å². The Labute approximate surface area is 178 Å². The van der Waals surface area contributed by atoms with Gasteiger partial charge in [-0.05, 0) is 30.3 Å². The van der Waals surface area contributed by atoms with Crippen LogP contribution in [0.4, 0.5) is 10.5 Å².